The van der Waals surface area contributed by atoms with E-state index >= 15 is 0 Å². The largest absolute Gasteiger partial charge is 0.493 e. The highest BCUT2D eigenvalue weighted by Crippen LogP contribution is 2.27. The Morgan fingerprint density at radius 3 is 2.57 bits per heavy atom. The number of benzene rings is 2. The minimum absolute atomic E-state index is 0.0652. The summed E-state index contributed by atoms with van der Waals surface area (Å²) < 4.78 is 21.2. The molecule has 3 aromatic rings. The van der Waals surface area contributed by atoms with Crippen LogP contribution in [0.25, 0.3) is 5.69 Å². The minimum Gasteiger partial charge on any atom is -0.493 e. The number of nitrogens with zero attached hydrogens (tertiary/aromatic N) is 4. The highest BCUT2D eigenvalue weighted by Gasteiger charge is 2.20. The van der Waals surface area contributed by atoms with Gasteiger partial charge >= 0.3 is 0 Å². The summed E-state index contributed by atoms with van der Waals surface area (Å²) in [6, 6.07) is 14.5. The van der Waals surface area contributed by atoms with Gasteiger partial charge in [0.1, 0.15) is 11.6 Å². The zero-order valence-electron chi connectivity index (χ0n) is 16.6. The Balaban J connectivity index is 1.75. The van der Waals surface area contributed by atoms with Crippen molar-refractivity contribution in [3.05, 3.63) is 65.7 Å². The van der Waals surface area contributed by atoms with Gasteiger partial charge in [-0.2, -0.15) is 0 Å². The first-order valence-electron chi connectivity index (χ1n) is 9.15. The Bertz CT molecular complexity index is 911. The second kappa shape index (κ2) is 9.21. The average Bonchev–Trinajstić information content (AvgIpc) is 3.09. The lowest BCUT2D eigenvalue weighted by Gasteiger charge is -2.20. The quantitative estimate of drug-likeness (QED) is 0.411. The van der Waals surface area contributed by atoms with Gasteiger partial charge in [0.2, 0.25) is 0 Å². The number of ether oxygens (including phenoxy) is 1. The summed E-state index contributed by atoms with van der Waals surface area (Å²) in [5.74, 6) is 2.14. The van der Waals surface area contributed by atoms with Crippen molar-refractivity contribution >= 4 is 11.8 Å². The molecule has 148 valence electrons. The van der Waals surface area contributed by atoms with Crippen molar-refractivity contribution in [2.75, 3.05) is 26.5 Å². The van der Waals surface area contributed by atoms with Gasteiger partial charge in [0, 0.05) is 11.4 Å². The molecule has 1 atom stereocenters. The Morgan fingerprint density at radius 1 is 1.14 bits per heavy atom. The molecule has 0 spiro atoms. The number of aryl methyl sites for hydroxylation is 1. The highest BCUT2D eigenvalue weighted by molar-refractivity contribution is 7.99. The highest BCUT2D eigenvalue weighted by atomic mass is 32.2. The molecule has 0 N–H and O–H groups in total. The molecule has 1 unspecified atom stereocenters. The maximum Gasteiger partial charge on any atom is 0.196 e. The van der Waals surface area contributed by atoms with Gasteiger partial charge in [-0.1, -0.05) is 23.9 Å². The predicted molar refractivity (Wildman–Crippen MR) is 111 cm³/mol. The van der Waals surface area contributed by atoms with Crippen molar-refractivity contribution in [3.8, 4) is 11.4 Å². The van der Waals surface area contributed by atoms with Gasteiger partial charge in [0.25, 0.3) is 0 Å². The van der Waals surface area contributed by atoms with E-state index in [9.17, 15) is 4.39 Å². The smallest absolute Gasteiger partial charge is 0.196 e. The van der Waals surface area contributed by atoms with Crippen LogP contribution >= 0.6 is 11.8 Å². The van der Waals surface area contributed by atoms with Crippen LogP contribution in [0.15, 0.2) is 53.7 Å². The predicted octanol–water partition coefficient (Wildman–Crippen LogP) is 4.51. The first-order chi connectivity index (χ1) is 13.5. The van der Waals surface area contributed by atoms with Gasteiger partial charge in [-0.3, -0.25) is 9.47 Å². The molecular weight excluding hydrogens is 375 g/mol. The molecule has 7 heteroatoms. The summed E-state index contributed by atoms with van der Waals surface area (Å²) in [6.07, 6.45) is 0. The summed E-state index contributed by atoms with van der Waals surface area (Å²) in [7, 11) is 3.99. The molecule has 5 nitrogen and oxygen atoms in total. The Morgan fingerprint density at radius 2 is 1.89 bits per heavy atom. The van der Waals surface area contributed by atoms with E-state index in [4.69, 9.17) is 4.74 Å². The summed E-state index contributed by atoms with van der Waals surface area (Å²) in [6.45, 7) is 4.67. The fourth-order valence-electron chi connectivity index (χ4n) is 2.71. The lowest BCUT2D eigenvalue weighted by Crippen LogP contribution is -2.20. The van der Waals surface area contributed by atoms with Crippen molar-refractivity contribution in [2.45, 2.75) is 25.0 Å². The van der Waals surface area contributed by atoms with E-state index in [1.165, 1.54) is 17.7 Å². The standard InChI is InChI=1S/C21H25FN4OS/c1-15-6-5-7-19(14-15)27-12-13-28-21-24-23-20(16(2)25(3)4)26(21)18-10-8-17(22)9-11-18/h5-11,14,16H,12-13H2,1-4H3. The third kappa shape index (κ3) is 4.91. The van der Waals surface area contributed by atoms with Gasteiger partial charge in [0.15, 0.2) is 11.0 Å². The number of hydrogen-bond acceptors (Lipinski definition) is 5. The fraction of sp³-hybridized carbons (Fsp3) is 0.333. The second-order valence-electron chi connectivity index (χ2n) is 6.81. The lowest BCUT2D eigenvalue weighted by atomic mass is 10.2. The number of rotatable bonds is 8. The number of thioether (sulfide) groups is 1. The third-order valence-electron chi connectivity index (χ3n) is 4.46. The van der Waals surface area contributed by atoms with E-state index in [-0.39, 0.29) is 11.9 Å². The second-order valence-corrected chi connectivity index (χ2v) is 7.87. The van der Waals surface area contributed by atoms with E-state index in [2.05, 4.69) is 22.0 Å². The van der Waals surface area contributed by atoms with E-state index in [0.717, 1.165) is 28.2 Å². The van der Waals surface area contributed by atoms with E-state index in [0.29, 0.717) is 6.61 Å². The third-order valence-corrected chi connectivity index (χ3v) is 5.36. The maximum absolute atomic E-state index is 13.4. The SMILES string of the molecule is Cc1cccc(OCCSc2nnc(C(C)N(C)C)n2-c2ccc(F)cc2)c1. The van der Waals surface area contributed by atoms with Crippen LogP contribution in [0.3, 0.4) is 0 Å². The molecule has 0 saturated carbocycles. The summed E-state index contributed by atoms with van der Waals surface area (Å²) in [4.78, 5) is 2.07. The molecule has 1 aromatic heterocycles. The van der Waals surface area contributed by atoms with E-state index in [1.807, 2.05) is 49.9 Å². The number of hydrogen-bond donors (Lipinski definition) is 0. The first kappa shape index (κ1) is 20.4. The molecule has 0 radical (unpaired) electrons. The van der Waals surface area contributed by atoms with Gasteiger partial charge in [-0.25, -0.2) is 4.39 Å². The lowest BCUT2D eigenvalue weighted by molar-refractivity contribution is 0.305. The molecular formula is C21H25FN4OS. The fourth-order valence-corrected chi connectivity index (χ4v) is 3.48. The van der Waals surface area contributed by atoms with E-state index in [1.54, 1.807) is 23.9 Å². The molecule has 1 heterocycles. The summed E-state index contributed by atoms with van der Waals surface area (Å²) in [5, 5.41) is 9.54. The van der Waals surface area contributed by atoms with Crippen LogP contribution in [-0.4, -0.2) is 46.1 Å². The minimum atomic E-state index is -0.264. The molecule has 0 aliphatic rings. The zero-order valence-corrected chi connectivity index (χ0v) is 17.4. The van der Waals surface area contributed by atoms with Crippen LogP contribution in [0, 0.1) is 12.7 Å². The Kier molecular flexibility index (Phi) is 6.70. The molecule has 0 saturated heterocycles. The normalized spacial score (nSPS) is 12.4. The molecule has 2 aromatic carbocycles. The first-order valence-corrected chi connectivity index (χ1v) is 10.1. The van der Waals surface area contributed by atoms with Crippen molar-refractivity contribution in [1.29, 1.82) is 0 Å². The Hall–Kier alpha value is -2.38. The molecule has 0 fully saturated rings. The zero-order chi connectivity index (χ0) is 20.1. The van der Waals surface area contributed by atoms with Crippen LogP contribution in [0.1, 0.15) is 24.4 Å². The van der Waals surface area contributed by atoms with Crippen molar-refractivity contribution in [2.24, 2.45) is 0 Å². The monoisotopic (exact) mass is 400 g/mol. The van der Waals surface area contributed by atoms with Crippen LogP contribution in [0.4, 0.5) is 4.39 Å². The van der Waals surface area contributed by atoms with Gasteiger partial charge in [-0.15, -0.1) is 10.2 Å². The van der Waals surface area contributed by atoms with Gasteiger partial charge < -0.3 is 4.74 Å². The number of halogens is 1. The molecule has 0 bridgehead atoms. The van der Waals surface area contributed by atoms with Crippen molar-refractivity contribution < 1.29 is 9.13 Å². The molecule has 28 heavy (non-hydrogen) atoms. The van der Waals surface area contributed by atoms with Crippen LogP contribution in [0.5, 0.6) is 5.75 Å². The average molecular weight is 401 g/mol. The van der Waals surface area contributed by atoms with Crippen LogP contribution in [0.2, 0.25) is 0 Å². The summed E-state index contributed by atoms with van der Waals surface area (Å²) in [5.41, 5.74) is 2.01. The topological polar surface area (TPSA) is 43.2 Å². The molecule has 3 rings (SSSR count). The van der Waals surface area contributed by atoms with Gasteiger partial charge in [0.05, 0.1) is 12.6 Å². The molecule has 0 aliphatic heterocycles. The molecule has 0 aliphatic carbocycles. The van der Waals surface area contributed by atoms with Crippen molar-refractivity contribution in [1.82, 2.24) is 19.7 Å². The van der Waals surface area contributed by atoms with Crippen LogP contribution in [-0.2, 0) is 0 Å². The molecule has 0 amide bonds. The van der Waals surface area contributed by atoms with Crippen molar-refractivity contribution in [3.63, 3.8) is 0 Å². The van der Waals surface area contributed by atoms with Crippen LogP contribution < -0.4 is 4.74 Å². The maximum atomic E-state index is 13.4. The number of aromatic nitrogens is 3. The summed E-state index contributed by atoms with van der Waals surface area (Å²) >= 11 is 1.57. The van der Waals surface area contributed by atoms with E-state index < -0.39 is 0 Å². The Labute approximate surface area is 169 Å². The van der Waals surface area contributed by atoms with Gasteiger partial charge in [-0.05, 0) is 69.9 Å².